The van der Waals surface area contributed by atoms with Crippen LogP contribution in [0, 0.1) is 11.8 Å². The molecule has 0 radical (unpaired) electrons. The summed E-state index contributed by atoms with van der Waals surface area (Å²) in [5.41, 5.74) is 22.6. The van der Waals surface area contributed by atoms with Gasteiger partial charge in [-0.25, -0.2) is 0 Å². The minimum Gasteiger partial charge on any atom is -0.383 e. The Morgan fingerprint density at radius 1 is 0.339 bits per heavy atom. The number of hydrogen-bond acceptors (Lipinski definition) is 4. The molecule has 0 saturated heterocycles. The van der Waals surface area contributed by atoms with E-state index in [4.69, 9.17) is 9.47 Å². The van der Waals surface area contributed by atoms with Crippen molar-refractivity contribution < 1.29 is 18.6 Å². The third-order valence-corrected chi connectivity index (χ3v) is 24.7. The zero-order valence-electron chi connectivity index (χ0n) is 65.7. The molecule has 6 heteroatoms. The lowest BCUT2D eigenvalue weighted by Crippen LogP contribution is -2.34. The van der Waals surface area contributed by atoms with Gasteiger partial charge in [-0.2, -0.15) is 9.15 Å². The normalized spacial score (nSPS) is 20.4. The molecular formula is C103H106N4O2+2. The molecule has 16 rings (SSSR count). The second-order valence-electron chi connectivity index (χ2n) is 33.1. The summed E-state index contributed by atoms with van der Waals surface area (Å²) in [5.74, 6) is 1.12. The topological polar surface area (TPSA) is 31.0 Å². The summed E-state index contributed by atoms with van der Waals surface area (Å²) in [4.78, 5) is 5.13. The van der Waals surface area contributed by atoms with E-state index in [0.717, 1.165) is 71.1 Å². The summed E-state index contributed by atoms with van der Waals surface area (Å²) >= 11 is 0. The minimum atomic E-state index is -0.389. The van der Waals surface area contributed by atoms with Gasteiger partial charge in [0.05, 0.1) is 24.0 Å². The quantitative estimate of drug-likeness (QED) is 0.0506. The van der Waals surface area contributed by atoms with E-state index in [1.807, 2.05) is 14.2 Å². The summed E-state index contributed by atoms with van der Waals surface area (Å²) in [6, 6.07) is 96.3. The van der Waals surface area contributed by atoms with Crippen LogP contribution >= 0.6 is 0 Å². The molecule has 0 aliphatic carbocycles. The molecule has 4 heterocycles. The van der Waals surface area contributed by atoms with Crippen LogP contribution in [-0.2, 0) is 63.2 Å². The van der Waals surface area contributed by atoms with Crippen LogP contribution in [0.4, 0.5) is 22.7 Å². The molecule has 0 amide bonds. The molecule has 0 aromatic heterocycles. The standard InChI is InChI=1S/C103H106N4O2/c1-72(2)59-61-104-88-55-51-80-31-17-21-35-84(80)96(88)100(5,68-76-27-13-11-14-28-76)92(104)39-25-41-94-102(7,98-86-37-23-19-33-82(86)53-57-90(98)106(94)63-65-108-9)70-78-47-43-74(44-48-78)67-75-45-49-79(50-46-75)71-103(8)95(107(64-66-109-10)91-58-54-83-34-20-24-38-87(83)99(91)103)42-26-40-93-101(6,69-77-29-15-12-16-30-77)97-85-36-22-18-32-81(85)52-56-89(97)105(93)62-60-73(3)4/h11-58,72-73H,59-71H2,1-10H3/q+2. The predicted molar refractivity (Wildman–Crippen MR) is 460 cm³/mol. The van der Waals surface area contributed by atoms with Gasteiger partial charge in [0.15, 0.2) is 11.4 Å². The Morgan fingerprint density at radius 2 is 0.651 bits per heavy atom. The van der Waals surface area contributed by atoms with Crippen LogP contribution in [0.2, 0.25) is 0 Å². The average molecular weight is 1430 g/mol. The zero-order valence-corrected chi connectivity index (χ0v) is 65.7. The number of benzene rings is 12. The molecule has 0 saturated carbocycles. The summed E-state index contributed by atoms with van der Waals surface area (Å²) in [5, 5.41) is 10.4. The summed E-state index contributed by atoms with van der Waals surface area (Å²) in [7, 11) is 3.66. The van der Waals surface area contributed by atoms with E-state index < -0.39 is 0 Å². The molecule has 548 valence electrons. The smallest absolute Gasteiger partial charge is 0.210 e. The maximum absolute atomic E-state index is 5.96. The molecule has 0 N–H and O–H groups in total. The molecule has 4 atom stereocenters. The first kappa shape index (κ1) is 72.7. The number of anilines is 2. The lowest BCUT2D eigenvalue weighted by Gasteiger charge is -2.31. The molecule has 109 heavy (non-hydrogen) atoms. The molecule has 12 aromatic carbocycles. The first-order valence-corrected chi connectivity index (χ1v) is 40.0. The van der Waals surface area contributed by atoms with Gasteiger partial charge in [-0.3, -0.25) is 0 Å². The van der Waals surface area contributed by atoms with Crippen molar-refractivity contribution in [3.05, 3.63) is 358 Å². The van der Waals surface area contributed by atoms with Crippen molar-refractivity contribution in [2.75, 3.05) is 63.4 Å². The van der Waals surface area contributed by atoms with Crippen LogP contribution < -0.4 is 9.80 Å². The second kappa shape index (κ2) is 30.5. The number of allylic oxidation sites excluding steroid dienone is 8. The summed E-state index contributed by atoms with van der Waals surface area (Å²) in [6.45, 7) is 24.0. The Balaban J connectivity index is 0.721. The SMILES string of the molecule is COCCN1C(=C/C=C\C2=[N+](CCC(C)C)c3ccc4ccccc4c3C2(C)Cc2ccccc2)C(C)(Cc2ccc(Cc3ccc(CC4(C)/C(=C\C=C\C5=[N+](CCC(C)C)c6ccc7ccccc7c6C5(C)Cc5ccccc5)N(CCOC)c5ccc6ccccc6c54)cc3)cc2)c2c1ccc1ccccc21. The first-order chi connectivity index (χ1) is 53.1. The van der Waals surface area contributed by atoms with Gasteiger partial charge in [0.1, 0.15) is 13.1 Å². The second-order valence-corrected chi connectivity index (χ2v) is 33.1. The van der Waals surface area contributed by atoms with Gasteiger partial charge < -0.3 is 19.3 Å². The van der Waals surface area contributed by atoms with E-state index in [9.17, 15) is 0 Å². The Bertz CT molecular complexity index is 5240. The van der Waals surface area contributed by atoms with Crippen molar-refractivity contribution >= 4 is 77.3 Å². The highest BCUT2D eigenvalue weighted by Gasteiger charge is 2.52. The lowest BCUT2D eigenvalue weighted by atomic mass is 9.72. The van der Waals surface area contributed by atoms with E-state index in [0.29, 0.717) is 25.0 Å². The third kappa shape index (κ3) is 13.6. The van der Waals surface area contributed by atoms with Gasteiger partial charge in [-0.1, -0.05) is 258 Å². The van der Waals surface area contributed by atoms with Crippen LogP contribution in [0.15, 0.2) is 303 Å². The highest BCUT2D eigenvalue weighted by molar-refractivity contribution is 6.10. The maximum atomic E-state index is 5.96. The number of rotatable bonds is 26. The predicted octanol–water partition coefficient (Wildman–Crippen LogP) is 23.4. The molecule has 0 bridgehead atoms. The van der Waals surface area contributed by atoms with Crippen LogP contribution in [0.3, 0.4) is 0 Å². The average Bonchev–Trinajstić information content (AvgIpc) is 1.59. The Kier molecular flexibility index (Phi) is 20.3. The molecule has 4 aliphatic rings. The van der Waals surface area contributed by atoms with Crippen molar-refractivity contribution in [1.29, 1.82) is 0 Å². The highest BCUT2D eigenvalue weighted by Crippen LogP contribution is 2.56. The molecule has 0 spiro atoms. The molecule has 12 aromatic rings. The Hall–Kier alpha value is -10.5. The number of hydrogen-bond donors (Lipinski definition) is 0. The van der Waals surface area contributed by atoms with Gasteiger partial charge in [0, 0.05) is 109 Å². The fourth-order valence-electron chi connectivity index (χ4n) is 19.5. The van der Waals surface area contributed by atoms with Crippen LogP contribution in [-0.4, -0.2) is 74.2 Å². The molecular weight excluding hydrogens is 1330 g/mol. The molecule has 4 unspecified atom stereocenters. The summed E-state index contributed by atoms with van der Waals surface area (Å²) in [6.07, 6.45) is 21.1. The van der Waals surface area contributed by atoms with E-state index in [-0.39, 0.29) is 21.7 Å². The Morgan fingerprint density at radius 3 is 1.01 bits per heavy atom. The summed E-state index contributed by atoms with van der Waals surface area (Å²) < 4.78 is 17.2. The van der Waals surface area contributed by atoms with Crippen LogP contribution in [0.5, 0.6) is 0 Å². The van der Waals surface area contributed by atoms with Gasteiger partial charge in [-0.15, -0.1) is 0 Å². The molecule has 0 fully saturated rings. The highest BCUT2D eigenvalue weighted by atomic mass is 16.5. The van der Waals surface area contributed by atoms with Crippen molar-refractivity contribution in [2.45, 2.75) is 122 Å². The molecule has 6 nitrogen and oxygen atoms in total. The molecule has 4 aliphatic heterocycles. The van der Waals surface area contributed by atoms with E-state index in [1.54, 1.807) is 0 Å². The number of fused-ring (bicyclic) bond motifs is 12. The van der Waals surface area contributed by atoms with E-state index in [1.165, 1.54) is 144 Å². The van der Waals surface area contributed by atoms with Crippen molar-refractivity contribution in [2.24, 2.45) is 11.8 Å². The van der Waals surface area contributed by atoms with Crippen molar-refractivity contribution in [3.63, 3.8) is 0 Å². The largest absolute Gasteiger partial charge is 0.383 e. The maximum Gasteiger partial charge on any atom is 0.210 e. The first-order valence-electron chi connectivity index (χ1n) is 40.0. The third-order valence-electron chi connectivity index (χ3n) is 24.7. The van der Waals surface area contributed by atoms with E-state index >= 15 is 0 Å². The lowest BCUT2D eigenvalue weighted by molar-refractivity contribution is -0.439. The number of methoxy groups -OCH3 is 2. The number of ether oxygens (including phenoxy) is 2. The zero-order chi connectivity index (χ0) is 75.0. The van der Waals surface area contributed by atoms with E-state index in [2.05, 4.69) is 366 Å². The monoisotopic (exact) mass is 1430 g/mol. The van der Waals surface area contributed by atoms with Gasteiger partial charge in [-0.05, 0) is 196 Å². The van der Waals surface area contributed by atoms with Crippen LogP contribution in [0.1, 0.15) is 124 Å². The fourth-order valence-corrected chi connectivity index (χ4v) is 19.5. The number of nitrogens with zero attached hydrogens (tertiary/aromatic N) is 4. The minimum absolute atomic E-state index is 0.298. The Labute approximate surface area is 647 Å². The van der Waals surface area contributed by atoms with Crippen molar-refractivity contribution in [1.82, 2.24) is 0 Å². The van der Waals surface area contributed by atoms with Gasteiger partial charge in [0.2, 0.25) is 11.4 Å². The van der Waals surface area contributed by atoms with Gasteiger partial charge >= 0.3 is 0 Å². The van der Waals surface area contributed by atoms with Gasteiger partial charge in [0.25, 0.3) is 0 Å². The van der Waals surface area contributed by atoms with Crippen LogP contribution in [0.25, 0.3) is 43.1 Å². The fraction of sp³-hybridized carbons (Fsp3) is 0.282. The van der Waals surface area contributed by atoms with Crippen molar-refractivity contribution in [3.8, 4) is 0 Å².